The van der Waals surface area contributed by atoms with Crippen LogP contribution in [-0.4, -0.2) is 58.2 Å². The van der Waals surface area contributed by atoms with Gasteiger partial charge < -0.3 is 31.3 Å². The average molecular weight is 292 g/mol. The standard InChI is InChI=1S/C14H24N6O/c1-17-14(16)18-11-8-10(15)12(9-13(11)21-3)20-6-4-19(2)5-7-20/h8-9H,4-7,15H2,1-3H3,(H3,16,17,18). The highest BCUT2D eigenvalue weighted by Crippen LogP contribution is 2.35. The molecule has 116 valence electrons. The van der Waals surface area contributed by atoms with Crippen LogP contribution >= 0.6 is 0 Å². The lowest BCUT2D eigenvalue weighted by atomic mass is 10.2. The lowest BCUT2D eigenvalue weighted by Crippen LogP contribution is -2.44. The number of guanidine groups is 1. The highest BCUT2D eigenvalue weighted by molar-refractivity contribution is 5.95. The second kappa shape index (κ2) is 6.53. The minimum absolute atomic E-state index is 0.319. The molecule has 5 N–H and O–H groups in total. The number of ether oxygens (including phenoxy) is 1. The zero-order valence-corrected chi connectivity index (χ0v) is 12.9. The van der Waals surface area contributed by atoms with Crippen LogP contribution in [0.4, 0.5) is 17.1 Å². The van der Waals surface area contributed by atoms with Gasteiger partial charge in [-0.05, 0) is 13.1 Å². The average Bonchev–Trinajstić information content (AvgIpc) is 2.48. The van der Waals surface area contributed by atoms with Gasteiger partial charge in [0.2, 0.25) is 0 Å². The van der Waals surface area contributed by atoms with E-state index in [0.717, 1.165) is 37.6 Å². The van der Waals surface area contributed by atoms with Crippen molar-refractivity contribution in [1.29, 1.82) is 0 Å². The molecule has 7 heteroatoms. The number of hydrogen-bond donors (Lipinski definition) is 3. The first-order valence-corrected chi connectivity index (χ1v) is 6.95. The van der Waals surface area contributed by atoms with E-state index in [-0.39, 0.29) is 0 Å². The quantitative estimate of drug-likeness (QED) is 0.424. The van der Waals surface area contributed by atoms with Gasteiger partial charge in [-0.2, -0.15) is 0 Å². The molecule has 0 aliphatic carbocycles. The van der Waals surface area contributed by atoms with Gasteiger partial charge in [-0.1, -0.05) is 0 Å². The van der Waals surface area contributed by atoms with Gasteiger partial charge in [0.25, 0.3) is 0 Å². The molecule has 1 aliphatic rings. The minimum Gasteiger partial charge on any atom is -0.494 e. The molecule has 7 nitrogen and oxygen atoms in total. The van der Waals surface area contributed by atoms with Crippen LogP contribution in [0.15, 0.2) is 17.1 Å². The SMILES string of the molecule is CN=C(N)Nc1cc(N)c(N2CCN(C)CC2)cc1OC. The third kappa shape index (κ3) is 3.49. The summed E-state index contributed by atoms with van der Waals surface area (Å²) in [6.45, 7) is 3.96. The summed E-state index contributed by atoms with van der Waals surface area (Å²) in [5.41, 5.74) is 14.3. The van der Waals surface area contributed by atoms with Gasteiger partial charge in [-0.25, -0.2) is 0 Å². The Morgan fingerprint density at radius 3 is 2.52 bits per heavy atom. The number of rotatable bonds is 3. The maximum Gasteiger partial charge on any atom is 0.192 e. The number of nitrogens with two attached hydrogens (primary N) is 2. The van der Waals surface area contributed by atoms with Crippen LogP contribution in [0.1, 0.15) is 0 Å². The third-order valence-electron chi connectivity index (χ3n) is 3.70. The molecule has 1 aliphatic heterocycles. The van der Waals surface area contributed by atoms with Crippen molar-refractivity contribution in [2.75, 3.05) is 63.3 Å². The molecular formula is C14H24N6O. The van der Waals surface area contributed by atoms with Crippen molar-refractivity contribution >= 4 is 23.0 Å². The van der Waals surface area contributed by atoms with Crippen molar-refractivity contribution in [3.63, 3.8) is 0 Å². The molecule has 0 unspecified atom stereocenters. The second-order valence-corrected chi connectivity index (χ2v) is 5.14. The Labute approximate surface area is 125 Å². The van der Waals surface area contributed by atoms with E-state index >= 15 is 0 Å². The van der Waals surface area contributed by atoms with Crippen molar-refractivity contribution in [2.45, 2.75) is 0 Å². The summed E-state index contributed by atoms with van der Waals surface area (Å²) >= 11 is 0. The summed E-state index contributed by atoms with van der Waals surface area (Å²) in [4.78, 5) is 8.46. The van der Waals surface area contributed by atoms with Crippen LogP contribution in [0.25, 0.3) is 0 Å². The lowest BCUT2D eigenvalue weighted by molar-refractivity contribution is 0.313. The predicted molar refractivity (Wildman–Crippen MR) is 88.3 cm³/mol. The molecule has 0 bridgehead atoms. The number of nitrogen functional groups attached to an aromatic ring is 1. The fourth-order valence-electron chi connectivity index (χ4n) is 2.37. The summed E-state index contributed by atoms with van der Waals surface area (Å²) in [7, 11) is 5.38. The molecule has 1 aromatic carbocycles. The fourth-order valence-corrected chi connectivity index (χ4v) is 2.37. The Kier molecular flexibility index (Phi) is 4.74. The number of nitrogens with zero attached hydrogens (tertiary/aromatic N) is 3. The molecule has 1 aromatic rings. The van der Waals surface area contributed by atoms with Crippen LogP contribution < -0.4 is 26.4 Å². The van der Waals surface area contributed by atoms with Gasteiger partial charge in [0, 0.05) is 39.3 Å². The van der Waals surface area contributed by atoms with E-state index < -0.39 is 0 Å². The van der Waals surface area contributed by atoms with Crippen LogP contribution in [0.3, 0.4) is 0 Å². The Bertz CT molecular complexity index is 522. The minimum atomic E-state index is 0.319. The van der Waals surface area contributed by atoms with E-state index in [1.807, 2.05) is 12.1 Å². The number of methoxy groups -OCH3 is 1. The normalized spacial score (nSPS) is 16.9. The molecule has 0 atom stereocenters. The summed E-state index contributed by atoms with van der Waals surface area (Å²) in [6, 6.07) is 3.79. The molecule has 0 aromatic heterocycles. The lowest BCUT2D eigenvalue weighted by Gasteiger charge is -2.35. The van der Waals surface area contributed by atoms with Crippen LogP contribution in [0, 0.1) is 0 Å². The largest absolute Gasteiger partial charge is 0.494 e. The van der Waals surface area contributed by atoms with Gasteiger partial charge in [0.1, 0.15) is 5.75 Å². The maximum atomic E-state index is 6.20. The van der Waals surface area contributed by atoms with Crippen LogP contribution in [0.5, 0.6) is 5.75 Å². The van der Waals surface area contributed by atoms with Crippen molar-refractivity contribution in [3.8, 4) is 5.75 Å². The van der Waals surface area contributed by atoms with Crippen molar-refractivity contribution < 1.29 is 4.74 Å². The Balaban J connectivity index is 2.27. The first-order chi connectivity index (χ1) is 10.0. The maximum absolute atomic E-state index is 6.20. The zero-order valence-electron chi connectivity index (χ0n) is 12.9. The summed E-state index contributed by atoms with van der Waals surface area (Å²) in [5, 5.41) is 2.99. The molecule has 2 rings (SSSR count). The summed E-state index contributed by atoms with van der Waals surface area (Å²) in [5.74, 6) is 1.02. The molecule has 1 fully saturated rings. The van der Waals surface area contributed by atoms with Gasteiger partial charge in [-0.3, -0.25) is 4.99 Å². The van der Waals surface area contributed by atoms with Gasteiger partial charge >= 0.3 is 0 Å². The number of nitrogens with one attached hydrogen (secondary N) is 1. The van der Waals surface area contributed by atoms with E-state index in [9.17, 15) is 0 Å². The zero-order chi connectivity index (χ0) is 15.4. The van der Waals surface area contributed by atoms with Gasteiger partial charge in [-0.15, -0.1) is 0 Å². The number of hydrogen-bond acceptors (Lipinski definition) is 5. The molecule has 0 amide bonds. The molecule has 1 saturated heterocycles. The second-order valence-electron chi connectivity index (χ2n) is 5.14. The topological polar surface area (TPSA) is 92.1 Å². The van der Waals surface area contributed by atoms with E-state index in [0.29, 0.717) is 17.4 Å². The smallest absolute Gasteiger partial charge is 0.192 e. The first kappa shape index (κ1) is 15.2. The van der Waals surface area contributed by atoms with Crippen LogP contribution in [-0.2, 0) is 0 Å². The Morgan fingerprint density at radius 1 is 1.29 bits per heavy atom. The fraction of sp³-hybridized carbons (Fsp3) is 0.500. The van der Waals surface area contributed by atoms with Crippen molar-refractivity contribution in [1.82, 2.24) is 4.90 Å². The van der Waals surface area contributed by atoms with E-state index in [1.54, 1.807) is 14.2 Å². The van der Waals surface area contributed by atoms with Crippen LogP contribution in [0.2, 0.25) is 0 Å². The number of anilines is 3. The number of aliphatic imine (C=N–C) groups is 1. The summed E-state index contributed by atoms with van der Waals surface area (Å²) in [6.07, 6.45) is 0. The molecule has 0 saturated carbocycles. The highest BCUT2D eigenvalue weighted by atomic mass is 16.5. The highest BCUT2D eigenvalue weighted by Gasteiger charge is 2.18. The van der Waals surface area contributed by atoms with Gasteiger partial charge in [0.05, 0.1) is 24.2 Å². The van der Waals surface area contributed by atoms with E-state index in [2.05, 4.69) is 27.2 Å². The third-order valence-corrected chi connectivity index (χ3v) is 3.70. The molecule has 0 spiro atoms. The van der Waals surface area contributed by atoms with Gasteiger partial charge in [0.15, 0.2) is 5.96 Å². The van der Waals surface area contributed by atoms with E-state index in [1.165, 1.54) is 0 Å². The molecule has 0 radical (unpaired) electrons. The number of benzene rings is 1. The monoisotopic (exact) mass is 292 g/mol. The molecular weight excluding hydrogens is 268 g/mol. The first-order valence-electron chi connectivity index (χ1n) is 6.95. The van der Waals surface area contributed by atoms with Crippen molar-refractivity contribution in [2.24, 2.45) is 10.7 Å². The van der Waals surface area contributed by atoms with E-state index in [4.69, 9.17) is 16.2 Å². The number of piperazine rings is 1. The summed E-state index contributed by atoms with van der Waals surface area (Å²) < 4.78 is 5.43. The number of likely N-dealkylation sites (N-methyl/N-ethyl adjacent to an activating group) is 1. The molecule has 21 heavy (non-hydrogen) atoms. The Morgan fingerprint density at radius 2 is 1.95 bits per heavy atom. The predicted octanol–water partition coefficient (Wildman–Crippen LogP) is 0.386. The Hall–Kier alpha value is -2.15. The molecule has 1 heterocycles. The van der Waals surface area contributed by atoms with Crippen molar-refractivity contribution in [3.05, 3.63) is 12.1 Å².